The third kappa shape index (κ3) is 4.58. The van der Waals surface area contributed by atoms with Gasteiger partial charge in [-0.3, -0.25) is 0 Å². The topological polar surface area (TPSA) is 61.2 Å². The van der Waals surface area contributed by atoms with Crippen LogP contribution in [0.4, 0.5) is 5.69 Å². The minimum Gasteiger partial charge on any atom is -0.491 e. The molecule has 1 N–H and O–H groups in total. The number of hydrogen-bond donors (Lipinski definition) is 1. The zero-order valence-electron chi connectivity index (χ0n) is 14.4. The molecule has 3 aromatic rings. The monoisotopic (exact) mass is 338 g/mol. The summed E-state index contributed by atoms with van der Waals surface area (Å²) in [6.07, 6.45) is 1.94. The molecule has 1 heterocycles. The predicted octanol–water partition coefficient (Wildman–Crippen LogP) is 3.47. The summed E-state index contributed by atoms with van der Waals surface area (Å²) in [4.78, 5) is 0. The maximum Gasteiger partial charge on any atom is 0.121 e. The van der Waals surface area contributed by atoms with Gasteiger partial charge in [0.05, 0.1) is 24.5 Å². The van der Waals surface area contributed by atoms with Crippen LogP contribution in [0.25, 0.3) is 5.69 Å². The smallest absolute Gasteiger partial charge is 0.121 e. The second-order valence-corrected chi connectivity index (χ2v) is 5.66. The first-order valence-electron chi connectivity index (χ1n) is 8.22. The highest BCUT2D eigenvalue weighted by Gasteiger charge is 2.11. The highest BCUT2D eigenvalue weighted by molar-refractivity contribution is 5.49. The van der Waals surface area contributed by atoms with Crippen molar-refractivity contribution in [2.24, 2.45) is 0 Å². The molecule has 0 fully saturated rings. The van der Waals surface area contributed by atoms with Gasteiger partial charge in [-0.1, -0.05) is 29.5 Å². The van der Waals surface area contributed by atoms with E-state index in [0.29, 0.717) is 13.2 Å². The van der Waals surface area contributed by atoms with Gasteiger partial charge >= 0.3 is 0 Å². The van der Waals surface area contributed by atoms with E-state index >= 15 is 0 Å². The molecular formula is C19H22N4O2. The van der Waals surface area contributed by atoms with Gasteiger partial charge < -0.3 is 14.8 Å². The average molecular weight is 338 g/mol. The third-order valence-electron chi connectivity index (χ3n) is 3.75. The van der Waals surface area contributed by atoms with E-state index in [0.717, 1.165) is 22.8 Å². The molecule has 0 amide bonds. The van der Waals surface area contributed by atoms with E-state index in [9.17, 15) is 0 Å². The summed E-state index contributed by atoms with van der Waals surface area (Å²) in [5.74, 6) is 0.808. The fourth-order valence-corrected chi connectivity index (χ4v) is 2.42. The lowest BCUT2D eigenvalue weighted by molar-refractivity contribution is 0.146. The molecule has 130 valence electrons. The predicted molar refractivity (Wildman–Crippen MR) is 97.2 cm³/mol. The Balaban J connectivity index is 1.65. The molecule has 25 heavy (non-hydrogen) atoms. The van der Waals surface area contributed by atoms with Gasteiger partial charge in [0.15, 0.2) is 0 Å². The summed E-state index contributed by atoms with van der Waals surface area (Å²) in [6.45, 7) is 3.15. The van der Waals surface area contributed by atoms with Gasteiger partial charge in [0.25, 0.3) is 0 Å². The van der Waals surface area contributed by atoms with Crippen molar-refractivity contribution < 1.29 is 9.47 Å². The van der Waals surface area contributed by atoms with E-state index in [1.807, 2.05) is 60.8 Å². The number of aromatic nitrogens is 3. The molecule has 0 aliphatic rings. The van der Waals surface area contributed by atoms with Crippen LogP contribution in [-0.2, 0) is 4.74 Å². The van der Waals surface area contributed by atoms with Crippen LogP contribution in [-0.4, -0.2) is 35.3 Å². The lowest BCUT2D eigenvalue weighted by Crippen LogP contribution is -2.08. The van der Waals surface area contributed by atoms with E-state index in [-0.39, 0.29) is 6.04 Å². The van der Waals surface area contributed by atoms with Gasteiger partial charge in [0, 0.05) is 18.9 Å². The maximum atomic E-state index is 5.64. The quantitative estimate of drug-likeness (QED) is 0.637. The van der Waals surface area contributed by atoms with Crippen molar-refractivity contribution in [1.82, 2.24) is 15.0 Å². The van der Waals surface area contributed by atoms with E-state index in [4.69, 9.17) is 9.47 Å². The third-order valence-corrected chi connectivity index (χ3v) is 3.75. The van der Waals surface area contributed by atoms with Crippen molar-refractivity contribution in [3.8, 4) is 11.4 Å². The lowest BCUT2D eigenvalue weighted by Gasteiger charge is -2.14. The summed E-state index contributed by atoms with van der Waals surface area (Å²) < 4.78 is 12.4. The summed E-state index contributed by atoms with van der Waals surface area (Å²) >= 11 is 0. The van der Waals surface area contributed by atoms with Crippen LogP contribution < -0.4 is 10.1 Å². The molecule has 6 heteroatoms. The van der Waals surface area contributed by atoms with Crippen molar-refractivity contribution in [2.45, 2.75) is 13.0 Å². The number of nitrogens with one attached hydrogen (secondary N) is 1. The van der Waals surface area contributed by atoms with Gasteiger partial charge in [0.1, 0.15) is 18.1 Å². The first-order chi connectivity index (χ1) is 12.3. The highest BCUT2D eigenvalue weighted by Crippen LogP contribution is 2.22. The highest BCUT2D eigenvalue weighted by atomic mass is 16.5. The Morgan fingerprint density at radius 3 is 2.72 bits per heavy atom. The number of ether oxygens (including phenoxy) is 2. The van der Waals surface area contributed by atoms with Crippen LogP contribution >= 0.6 is 0 Å². The Morgan fingerprint density at radius 2 is 1.92 bits per heavy atom. The van der Waals surface area contributed by atoms with Crippen molar-refractivity contribution in [2.75, 3.05) is 25.6 Å². The maximum absolute atomic E-state index is 5.64. The van der Waals surface area contributed by atoms with Crippen LogP contribution in [0.2, 0.25) is 0 Å². The van der Waals surface area contributed by atoms with Gasteiger partial charge in [-0.2, -0.15) is 0 Å². The van der Waals surface area contributed by atoms with Crippen molar-refractivity contribution >= 4 is 5.69 Å². The molecule has 0 spiro atoms. The zero-order chi connectivity index (χ0) is 17.5. The number of anilines is 1. The number of benzene rings is 2. The Kier molecular flexibility index (Phi) is 5.64. The van der Waals surface area contributed by atoms with Crippen LogP contribution in [0.15, 0.2) is 60.8 Å². The van der Waals surface area contributed by atoms with E-state index < -0.39 is 0 Å². The van der Waals surface area contributed by atoms with Gasteiger partial charge in [-0.25, -0.2) is 4.68 Å². The standard InChI is InChI=1S/C19H22N4O2/c1-15(19-14-23(22-21-19)17-8-4-3-5-9-17)20-16-7-6-10-18(13-16)25-12-11-24-2/h3-10,13-15,20H,11-12H2,1-2H3/t15-/m0/s1. The second-order valence-electron chi connectivity index (χ2n) is 5.66. The van der Waals surface area contributed by atoms with E-state index in [1.165, 1.54) is 0 Å². The Bertz CT molecular complexity index is 789. The first-order valence-corrected chi connectivity index (χ1v) is 8.22. The zero-order valence-corrected chi connectivity index (χ0v) is 14.4. The molecule has 6 nitrogen and oxygen atoms in total. The molecule has 0 saturated heterocycles. The second kappa shape index (κ2) is 8.30. The van der Waals surface area contributed by atoms with Crippen LogP contribution in [0.1, 0.15) is 18.7 Å². The molecular weight excluding hydrogens is 316 g/mol. The summed E-state index contributed by atoms with van der Waals surface area (Å²) in [6, 6.07) is 17.8. The number of rotatable bonds is 8. The number of methoxy groups -OCH3 is 1. The normalized spacial score (nSPS) is 11.9. The average Bonchev–Trinajstić information content (AvgIpc) is 3.13. The minimum absolute atomic E-state index is 0.0201. The summed E-state index contributed by atoms with van der Waals surface area (Å²) in [5.41, 5.74) is 2.83. The van der Waals surface area contributed by atoms with Crippen LogP contribution in [0.3, 0.4) is 0 Å². The molecule has 0 bridgehead atoms. The molecule has 2 aromatic carbocycles. The fraction of sp³-hybridized carbons (Fsp3) is 0.263. The molecule has 0 unspecified atom stereocenters. The summed E-state index contributed by atoms with van der Waals surface area (Å²) in [5, 5.41) is 11.9. The minimum atomic E-state index is 0.0201. The first kappa shape index (κ1) is 17.0. The van der Waals surface area contributed by atoms with E-state index in [1.54, 1.807) is 11.8 Å². The molecule has 3 rings (SSSR count). The molecule has 0 aliphatic heterocycles. The van der Waals surface area contributed by atoms with Crippen molar-refractivity contribution in [3.63, 3.8) is 0 Å². The van der Waals surface area contributed by atoms with Crippen LogP contribution in [0, 0.1) is 0 Å². The Hall–Kier alpha value is -2.86. The summed E-state index contributed by atoms with van der Waals surface area (Å²) in [7, 11) is 1.66. The molecule has 1 atom stereocenters. The van der Waals surface area contributed by atoms with Crippen molar-refractivity contribution in [1.29, 1.82) is 0 Å². The molecule has 0 aliphatic carbocycles. The molecule has 0 saturated carbocycles. The molecule has 0 radical (unpaired) electrons. The van der Waals surface area contributed by atoms with E-state index in [2.05, 4.69) is 22.6 Å². The number of nitrogens with zero attached hydrogens (tertiary/aromatic N) is 3. The largest absolute Gasteiger partial charge is 0.491 e. The van der Waals surface area contributed by atoms with Gasteiger partial charge in [0.2, 0.25) is 0 Å². The van der Waals surface area contributed by atoms with Crippen LogP contribution in [0.5, 0.6) is 5.75 Å². The lowest BCUT2D eigenvalue weighted by atomic mass is 10.2. The van der Waals surface area contributed by atoms with Gasteiger partial charge in [-0.15, -0.1) is 5.10 Å². The number of para-hydroxylation sites is 1. The van der Waals surface area contributed by atoms with Crippen molar-refractivity contribution in [3.05, 3.63) is 66.5 Å². The fourth-order valence-electron chi connectivity index (χ4n) is 2.42. The SMILES string of the molecule is COCCOc1cccc(N[C@@H](C)c2cn(-c3ccccc3)nn2)c1. The Morgan fingerprint density at radius 1 is 1.08 bits per heavy atom. The Labute approximate surface area is 147 Å². The molecule has 1 aromatic heterocycles. The number of hydrogen-bond acceptors (Lipinski definition) is 5. The van der Waals surface area contributed by atoms with Gasteiger partial charge in [-0.05, 0) is 31.2 Å².